The molecule has 4 heteroatoms. The second kappa shape index (κ2) is 6.10. The number of hydrogen-bond donors (Lipinski definition) is 2. The predicted octanol–water partition coefficient (Wildman–Crippen LogP) is 2.45. The normalized spacial score (nSPS) is 24.4. The van der Waals surface area contributed by atoms with Gasteiger partial charge in [0.25, 0.3) is 0 Å². The van der Waals surface area contributed by atoms with E-state index >= 15 is 0 Å². The van der Waals surface area contributed by atoms with Gasteiger partial charge in [0.2, 0.25) is 0 Å². The van der Waals surface area contributed by atoms with E-state index in [2.05, 4.69) is 52.8 Å². The first-order valence-electron chi connectivity index (χ1n) is 7.58. The maximum absolute atomic E-state index is 5.36. The van der Waals surface area contributed by atoms with Crippen LogP contribution in [-0.2, 0) is 0 Å². The Morgan fingerprint density at radius 1 is 1.15 bits per heavy atom. The maximum Gasteiger partial charge on any atom is 0.166 e. The van der Waals surface area contributed by atoms with Gasteiger partial charge in [0.1, 0.15) is 0 Å². The number of nitrogens with one attached hydrogen (secondary N) is 2. The van der Waals surface area contributed by atoms with Crippen LogP contribution in [-0.4, -0.2) is 35.2 Å². The molecule has 20 heavy (non-hydrogen) atoms. The lowest BCUT2D eigenvalue weighted by Gasteiger charge is -2.25. The Bertz CT molecular complexity index is 458. The van der Waals surface area contributed by atoms with Crippen LogP contribution < -0.4 is 10.6 Å². The SMILES string of the molecule is C[C@H](c1ccccc1)N1CC[C@H](NC(=S)NC2CC2)C1. The van der Waals surface area contributed by atoms with Crippen LogP contribution >= 0.6 is 12.2 Å². The topological polar surface area (TPSA) is 27.3 Å². The van der Waals surface area contributed by atoms with E-state index in [9.17, 15) is 0 Å². The molecular formula is C16H23N3S. The van der Waals surface area contributed by atoms with Crippen LogP contribution in [0.25, 0.3) is 0 Å². The molecule has 0 bridgehead atoms. The van der Waals surface area contributed by atoms with Crippen molar-refractivity contribution < 1.29 is 0 Å². The molecule has 0 aromatic heterocycles. The number of hydrogen-bond acceptors (Lipinski definition) is 2. The number of likely N-dealkylation sites (tertiary alicyclic amines) is 1. The van der Waals surface area contributed by atoms with Gasteiger partial charge in [0, 0.05) is 31.2 Å². The van der Waals surface area contributed by atoms with Gasteiger partial charge in [-0.25, -0.2) is 0 Å². The average Bonchev–Trinajstić information content (AvgIpc) is 3.15. The molecule has 0 radical (unpaired) electrons. The fourth-order valence-electron chi connectivity index (χ4n) is 2.84. The Hall–Kier alpha value is -1.13. The Balaban J connectivity index is 1.49. The fraction of sp³-hybridized carbons (Fsp3) is 0.562. The first kappa shape index (κ1) is 13.8. The van der Waals surface area contributed by atoms with E-state index in [4.69, 9.17) is 12.2 Å². The third-order valence-corrected chi connectivity index (χ3v) is 4.53. The van der Waals surface area contributed by atoms with Gasteiger partial charge in [-0.15, -0.1) is 0 Å². The van der Waals surface area contributed by atoms with E-state index in [-0.39, 0.29) is 0 Å². The van der Waals surface area contributed by atoms with Crippen LogP contribution in [0.1, 0.15) is 37.8 Å². The summed E-state index contributed by atoms with van der Waals surface area (Å²) in [4.78, 5) is 2.53. The van der Waals surface area contributed by atoms with Crippen molar-refractivity contribution >= 4 is 17.3 Å². The number of benzene rings is 1. The molecule has 108 valence electrons. The molecule has 1 heterocycles. The zero-order chi connectivity index (χ0) is 13.9. The largest absolute Gasteiger partial charge is 0.360 e. The highest BCUT2D eigenvalue weighted by Crippen LogP contribution is 2.24. The molecule has 3 nitrogen and oxygen atoms in total. The van der Waals surface area contributed by atoms with E-state index in [1.54, 1.807) is 0 Å². The summed E-state index contributed by atoms with van der Waals surface area (Å²) in [5, 5.41) is 7.66. The van der Waals surface area contributed by atoms with Gasteiger partial charge in [-0.05, 0) is 44.0 Å². The number of rotatable bonds is 4. The molecule has 1 saturated carbocycles. The van der Waals surface area contributed by atoms with Crippen molar-refractivity contribution in [3.8, 4) is 0 Å². The van der Waals surface area contributed by atoms with Crippen LogP contribution in [0.2, 0.25) is 0 Å². The zero-order valence-corrected chi connectivity index (χ0v) is 12.8. The van der Waals surface area contributed by atoms with E-state index in [0.717, 1.165) is 18.2 Å². The highest BCUT2D eigenvalue weighted by Gasteiger charge is 2.28. The Labute approximate surface area is 126 Å². The summed E-state index contributed by atoms with van der Waals surface area (Å²) in [5.74, 6) is 0. The van der Waals surface area contributed by atoms with Gasteiger partial charge in [-0.3, -0.25) is 4.90 Å². The minimum atomic E-state index is 0.480. The van der Waals surface area contributed by atoms with Crippen LogP contribution in [0.4, 0.5) is 0 Å². The van der Waals surface area contributed by atoms with Gasteiger partial charge in [0.15, 0.2) is 5.11 Å². The second-order valence-electron chi connectivity index (χ2n) is 5.96. The molecule has 1 aromatic rings. The zero-order valence-electron chi connectivity index (χ0n) is 12.0. The Kier molecular flexibility index (Phi) is 4.22. The molecule has 3 rings (SSSR count). The van der Waals surface area contributed by atoms with Gasteiger partial charge in [0.05, 0.1) is 0 Å². The highest BCUT2D eigenvalue weighted by molar-refractivity contribution is 7.80. The van der Waals surface area contributed by atoms with Crippen molar-refractivity contribution in [3.05, 3.63) is 35.9 Å². The summed E-state index contributed by atoms with van der Waals surface area (Å²) >= 11 is 5.36. The van der Waals surface area contributed by atoms with E-state index in [1.807, 2.05) is 0 Å². The summed E-state index contributed by atoms with van der Waals surface area (Å²) in [5.41, 5.74) is 1.40. The number of nitrogens with zero attached hydrogens (tertiary/aromatic N) is 1. The fourth-order valence-corrected chi connectivity index (χ4v) is 3.17. The molecule has 2 fully saturated rings. The lowest BCUT2D eigenvalue weighted by Crippen LogP contribution is -2.44. The molecule has 1 aromatic carbocycles. The minimum absolute atomic E-state index is 0.480. The van der Waals surface area contributed by atoms with Gasteiger partial charge < -0.3 is 10.6 Å². The molecule has 2 aliphatic rings. The van der Waals surface area contributed by atoms with Crippen molar-refractivity contribution in [1.82, 2.24) is 15.5 Å². The minimum Gasteiger partial charge on any atom is -0.360 e. The maximum atomic E-state index is 5.36. The van der Waals surface area contributed by atoms with Crippen molar-refractivity contribution in [2.24, 2.45) is 0 Å². The summed E-state index contributed by atoms with van der Waals surface area (Å²) in [6.45, 7) is 4.50. The van der Waals surface area contributed by atoms with Crippen LogP contribution in [0.15, 0.2) is 30.3 Å². The molecule has 0 spiro atoms. The lowest BCUT2D eigenvalue weighted by atomic mass is 10.1. The standard InChI is InChI=1S/C16H23N3S/c1-12(13-5-3-2-4-6-13)19-10-9-15(11-19)18-16(20)17-14-7-8-14/h2-6,12,14-15H,7-11H2,1H3,(H2,17,18,20)/t12-,15+/m1/s1. The molecule has 1 saturated heterocycles. The Morgan fingerprint density at radius 3 is 2.55 bits per heavy atom. The van der Waals surface area contributed by atoms with E-state index in [1.165, 1.54) is 24.8 Å². The van der Waals surface area contributed by atoms with Gasteiger partial charge in [-0.2, -0.15) is 0 Å². The van der Waals surface area contributed by atoms with Crippen molar-refractivity contribution in [2.75, 3.05) is 13.1 Å². The Morgan fingerprint density at radius 2 is 1.85 bits per heavy atom. The molecule has 0 amide bonds. The summed E-state index contributed by atoms with van der Waals surface area (Å²) < 4.78 is 0. The molecule has 2 N–H and O–H groups in total. The summed E-state index contributed by atoms with van der Waals surface area (Å²) in [7, 11) is 0. The first-order valence-corrected chi connectivity index (χ1v) is 7.99. The first-order chi connectivity index (χ1) is 9.72. The van der Waals surface area contributed by atoms with Crippen LogP contribution in [0.3, 0.4) is 0 Å². The smallest absolute Gasteiger partial charge is 0.166 e. The highest BCUT2D eigenvalue weighted by atomic mass is 32.1. The van der Waals surface area contributed by atoms with Crippen LogP contribution in [0, 0.1) is 0 Å². The lowest BCUT2D eigenvalue weighted by molar-refractivity contribution is 0.258. The van der Waals surface area contributed by atoms with E-state index < -0.39 is 0 Å². The third-order valence-electron chi connectivity index (χ3n) is 4.30. The molecule has 0 unspecified atom stereocenters. The monoisotopic (exact) mass is 289 g/mol. The molecule has 1 aliphatic carbocycles. The second-order valence-corrected chi connectivity index (χ2v) is 6.37. The number of thiocarbonyl (C=S) groups is 1. The summed E-state index contributed by atoms with van der Waals surface area (Å²) in [6.07, 6.45) is 3.71. The van der Waals surface area contributed by atoms with Crippen molar-refractivity contribution in [3.63, 3.8) is 0 Å². The van der Waals surface area contributed by atoms with Crippen molar-refractivity contribution in [1.29, 1.82) is 0 Å². The predicted molar refractivity (Wildman–Crippen MR) is 86.7 cm³/mol. The molecular weight excluding hydrogens is 266 g/mol. The molecule has 2 atom stereocenters. The average molecular weight is 289 g/mol. The van der Waals surface area contributed by atoms with E-state index in [0.29, 0.717) is 18.1 Å². The van der Waals surface area contributed by atoms with Gasteiger partial charge in [-0.1, -0.05) is 30.3 Å². The van der Waals surface area contributed by atoms with Crippen LogP contribution in [0.5, 0.6) is 0 Å². The third kappa shape index (κ3) is 3.49. The quantitative estimate of drug-likeness (QED) is 0.833. The molecule has 1 aliphatic heterocycles. The van der Waals surface area contributed by atoms with Crippen molar-refractivity contribution in [2.45, 2.75) is 44.3 Å². The van der Waals surface area contributed by atoms with Gasteiger partial charge >= 0.3 is 0 Å². The summed E-state index contributed by atoms with van der Waals surface area (Å²) in [6, 6.07) is 12.3.